The molecule has 4 atom stereocenters. The summed E-state index contributed by atoms with van der Waals surface area (Å²) >= 11 is 0. The molecule has 1 saturated heterocycles. The van der Waals surface area contributed by atoms with E-state index in [1.165, 1.54) is 12.5 Å². The van der Waals surface area contributed by atoms with Crippen molar-refractivity contribution in [2.75, 3.05) is 6.54 Å². The maximum absolute atomic E-state index is 14.8. The van der Waals surface area contributed by atoms with E-state index in [1.807, 2.05) is 19.2 Å². The number of nitrogens with zero attached hydrogens (tertiary/aromatic N) is 6. The first kappa shape index (κ1) is 23.4. The number of carbonyl (C=O) groups is 1. The molecule has 0 bridgehead atoms. The number of rotatable bonds is 5. The van der Waals surface area contributed by atoms with Gasteiger partial charge in [0.2, 0.25) is 0 Å². The highest BCUT2D eigenvalue weighted by atomic mass is 19.1. The smallest absolute Gasteiger partial charge is 0.257 e. The molecule has 0 spiro atoms. The number of fused-ring (bicyclic) bond motifs is 2. The van der Waals surface area contributed by atoms with Gasteiger partial charge in [-0.05, 0) is 86.6 Å². The van der Waals surface area contributed by atoms with Crippen LogP contribution in [0.5, 0.6) is 5.75 Å². The van der Waals surface area contributed by atoms with Crippen LogP contribution in [0.25, 0.3) is 39.3 Å². The third-order valence-corrected chi connectivity index (χ3v) is 10.1. The number of halogens is 1. The lowest BCUT2D eigenvalue weighted by atomic mass is 9.53. The molecule has 9 rings (SSSR count). The topological polar surface area (TPSA) is 88.6 Å². The summed E-state index contributed by atoms with van der Waals surface area (Å²) in [5, 5.41) is 15.8. The van der Waals surface area contributed by atoms with Gasteiger partial charge in [0.1, 0.15) is 11.3 Å². The van der Waals surface area contributed by atoms with Gasteiger partial charge in [0.05, 0.1) is 17.0 Å². The van der Waals surface area contributed by atoms with Crippen LogP contribution in [0.1, 0.15) is 41.6 Å². The Hall–Kier alpha value is -4.27. The molecule has 8 nitrogen and oxygen atoms in total. The van der Waals surface area contributed by atoms with E-state index in [2.05, 4.69) is 15.5 Å². The number of likely N-dealkylation sites (tertiary alicyclic amines) is 1. The average molecular weight is 549 g/mol. The van der Waals surface area contributed by atoms with Gasteiger partial charge in [0.15, 0.2) is 17.2 Å². The minimum absolute atomic E-state index is 0.0608. The predicted molar refractivity (Wildman–Crippen MR) is 151 cm³/mol. The third-order valence-electron chi connectivity index (χ3n) is 10.1. The molecule has 5 aromatic rings. The largest absolute Gasteiger partial charge is 0.505 e. The molecule has 4 fully saturated rings. The van der Waals surface area contributed by atoms with E-state index in [9.17, 15) is 14.3 Å². The molecule has 1 aromatic carbocycles. The van der Waals surface area contributed by atoms with Gasteiger partial charge < -0.3 is 14.6 Å². The Morgan fingerprint density at radius 3 is 2.80 bits per heavy atom. The van der Waals surface area contributed by atoms with Gasteiger partial charge in [-0.2, -0.15) is 5.10 Å². The molecule has 1 aliphatic heterocycles. The lowest BCUT2D eigenvalue weighted by molar-refractivity contribution is -0.0204. The number of phenolic OH excluding ortho intramolecular Hbond substituents is 1. The summed E-state index contributed by atoms with van der Waals surface area (Å²) in [5.41, 5.74) is 5.46. The van der Waals surface area contributed by atoms with Crippen molar-refractivity contribution >= 4 is 22.6 Å². The second kappa shape index (κ2) is 8.15. The quantitative estimate of drug-likeness (QED) is 0.315. The average Bonchev–Trinajstić information content (AvgIpc) is 3.64. The van der Waals surface area contributed by atoms with Crippen LogP contribution in [0.3, 0.4) is 0 Å². The molecule has 0 radical (unpaired) electrons. The lowest BCUT2D eigenvalue weighted by Gasteiger charge is -2.52. The van der Waals surface area contributed by atoms with Crippen LogP contribution in [0, 0.1) is 36.4 Å². The van der Waals surface area contributed by atoms with E-state index in [-0.39, 0.29) is 11.5 Å². The van der Waals surface area contributed by atoms with E-state index in [4.69, 9.17) is 15.1 Å². The van der Waals surface area contributed by atoms with Gasteiger partial charge in [-0.1, -0.05) is 6.07 Å². The van der Waals surface area contributed by atoms with Crippen molar-refractivity contribution in [1.82, 2.24) is 29.0 Å². The van der Waals surface area contributed by atoms with Crippen LogP contribution >= 0.6 is 0 Å². The van der Waals surface area contributed by atoms with Crippen LogP contribution < -0.4 is 0 Å². The second-order valence-electron chi connectivity index (χ2n) is 12.5. The summed E-state index contributed by atoms with van der Waals surface area (Å²) in [6.07, 6.45) is 8.27. The number of aromatic hydroxyl groups is 1. The van der Waals surface area contributed by atoms with Gasteiger partial charge in [-0.15, -0.1) is 0 Å². The molecule has 4 aromatic heterocycles. The second-order valence-corrected chi connectivity index (χ2v) is 12.5. The molecular formula is C32H29FN6O2. The summed E-state index contributed by atoms with van der Waals surface area (Å²) in [7, 11) is 0. The summed E-state index contributed by atoms with van der Waals surface area (Å²) in [6, 6.07) is 10.8. The monoisotopic (exact) mass is 548 g/mol. The van der Waals surface area contributed by atoms with E-state index >= 15 is 0 Å². The number of hydrogen-bond donors (Lipinski definition) is 1. The molecule has 3 aliphatic carbocycles. The van der Waals surface area contributed by atoms with Crippen molar-refractivity contribution in [3.63, 3.8) is 0 Å². The summed E-state index contributed by atoms with van der Waals surface area (Å²) in [6.45, 7) is 3.68. The zero-order valence-electron chi connectivity index (χ0n) is 22.7. The first-order chi connectivity index (χ1) is 19.9. The summed E-state index contributed by atoms with van der Waals surface area (Å²) in [4.78, 5) is 25.1. The van der Waals surface area contributed by atoms with Gasteiger partial charge in [0, 0.05) is 48.0 Å². The maximum Gasteiger partial charge on any atom is 0.257 e. The minimum Gasteiger partial charge on any atom is -0.505 e. The van der Waals surface area contributed by atoms with E-state index in [0.29, 0.717) is 29.1 Å². The molecule has 1 N–H and O–H groups in total. The fourth-order valence-electron chi connectivity index (χ4n) is 7.70. The number of benzene rings is 1. The Morgan fingerprint density at radius 2 is 2.00 bits per heavy atom. The van der Waals surface area contributed by atoms with Crippen LogP contribution in [0.15, 0.2) is 48.8 Å². The zero-order valence-corrected chi connectivity index (χ0v) is 22.7. The van der Waals surface area contributed by atoms with Gasteiger partial charge >= 0.3 is 0 Å². The van der Waals surface area contributed by atoms with Crippen LogP contribution in [0.4, 0.5) is 4.39 Å². The number of carbonyl (C=O) groups excluding carboxylic acids is 1. The number of aryl methyl sites for hydroxylation is 1. The molecule has 5 heterocycles. The summed E-state index contributed by atoms with van der Waals surface area (Å²) < 4.78 is 18.7. The SMILES string of the molecule is Cc1c(-c2cc3ccc(-c4cccc(O)c4F)nc3n2CC2CC2)nn2cc(C(=O)N3CC4CC5CC3[C@H]54)cnc12. The highest BCUT2D eigenvalue weighted by molar-refractivity contribution is 5.95. The van der Waals surface area contributed by atoms with Crippen LogP contribution in [0.2, 0.25) is 0 Å². The highest BCUT2D eigenvalue weighted by Gasteiger charge is 2.61. The number of phenols is 1. The van der Waals surface area contributed by atoms with E-state index in [0.717, 1.165) is 77.8 Å². The molecule has 206 valence electrons. The van der Waals surface area contributed by atoms with Crippen molar-refractivity contribution in [2.24, 2.45) is 23.7 Å². The zero-order chi connectivity index (χ0) is 27.6. The molecule has 41 heavy (non-hydrogen) atoms. The fraction of sp³-hybridized carbons (Fsp3) is 0.375. The predicted octanol–water partition coefficient (Wildman–Crippen LogP) is 5.46. The third kappa shape index (κ3) is 3.32. The van der Waals surface area contributed by atoms with E-state index < -0.39 is 11.6 Å². The van der Waals surface area contributed by atoms with Gasteiger partial charge in [-0.25, -0.2) is 18.9 Å². The Kier molecular flexibility index (Phi) is 4.66. The van der Waals surface area contributed by atoms with E-state index in [1.54, 1.807) is 28.9 Å². The Balaban J connectivity index is 1.13. The Morgan fingerprint density at radius 1 is 1.12 bits per heavy atom. The first-order valence-electron chi connectivity index (χ1n) is 14.6. The van der Waals surface area contributed by atoms with Crippen molar-refractivity contribution < 1.29 is 14.3 Å². The van der Waals surface area contributed by atoms with Crippen LogP contribution in [-0.2, 0) is 6.54 Å². The molecule has 4 aliphatic rings. The molecule has 3 saturated carbocycles. The fourth-order valence-corrected chi connectivity index (χ4v) is 7.70. The molecule has 9 heteroatoms. The number of hydrogen-bond acceptors (Lipinski definition) is 5. The normalized spacial score (nSPS) is 24.5. The first-order valence-corrected chi connectivity index (χ1v) is 14.6. The standard InChI is InChI=1S/C32H29FN6O2/c1-16-29(36-39-15-21(12-34-30(16)39)32(41)38-14-20-9-19-11-24(38)27(19)20)25-10-18-7-8-23(22-3-2-4-26(40)28(22)33)35-31(18)37(25)13-17-5-6-17/h2-4,7-8,10,12,15,17,19-20,24,27,40H,5-6,9,11,13-14H2,1H3/t19?,20?,24?,27-/m1/s1. The van der Waals surface area contributed by atoms with Crippen molar-refractivity contribution in [3.8, 4) is 28.4 Å². The van der Waals surface area contributed by atoms with Gasteiger partial charge in [-0.3, -0.25) is 4.79 Å². The Labute approximate surface area is 235 Å². The molecular weight excluding hydrogens is 519 g/mol. The number of amides is 1. The minimum atomic E-state index is -0.675. The maximum atomic E-state index is 14.8. The lowest BCUT2D eigenvalue weighted by Crippen LogP contribution is -2.53. The number of pyridine rings is 1. The number of aromatic nitrogens is 5. The Bertz CT molecular complexity index is 1920. The highest BCUT2D eigenvalue weighted by Crippen LogP contribution is 2.60. The van der Waals surface area contributed by atoms with Crippen molar-refractivity contribution in [2.45, 2.75) is 45.2 Å². The van der Waals surface area contributed by atoms with Crippen molar-refractivity contribution in [1.29, 1.82) is 0 Å². The molecule has 1 amide bonds. The van der Waals surface area contributed by atoms with Crippen molar-refractivity contribution in [3.05, 3.63) is 65.7 Å². The van der Waals surface area contributed by atoms with Crippen LogP contribution in [-0.4, -0.2) is 52.6 Å². The molecule has 3 unspecified atom stereocenters. The van der Waals surface area contributed by atoms with Gasteiger partial charge in [0.25, 0.3) is 5.91 Å². The summed E-state index contributed by atoms with van der Waals surface area (Å²) in [5.74, 6) is 1.81.